The van der Waals surface area contributed by atoms with Crippen molar-refractivity contribution in [1.29, 1.82) is 0 Å². The van der Waals surface area contributed by atoms with Gasteiger partial charge in [0.2, 0.25) is 5.91 Å². The van der Waals surface area contributed by atoms with Gasteiger partial charge < -0.3 is 15.7 Å². The summed E-state index contributed by atoms with van der Waals surface area (Å²) in [6.45, 7) is 5.18. The molecule has 1 aromatic rings. The SMILES string of the molecule is CC(C)(C)C(=O)NC(=S)Nc1c(Cl)cc(Cl)cc1C(=O)O. The zero-order valence-electron chi connectivity index (χ0n) is 11.6. The number of hydrogen-bond acceptors (Lipinski definition) is 3. The fourth-order valence-electron chi connectivity index (χ4n) is 1.30. The van der Waals surface area contributed by atoms with E-state index in [9.17, 15) is 9.59 Å². The van der Waals surface area contributed by atoms with E-state index in [1.54, 1.807) is 20.8 Å². The summed E-state index contributed by atoms with van der Waals surface area (Å²) >= 11 is 16.7. The largest absolute Gasteiger partial charge is 0.478 e. The first-order chi connectivity index (χ1) is 9.52. The average Bonchev–Trinajstić information content (AvgIpc) is 2.30. The van der Waals surface area contributed by atoms with Crippen molar-refractivity contribution in [2.75, 3.05) is 5.32 Å². The number of carboxylic acid groups (broad SMARTS) is 1. The van der Waals surface area contributed by atoms with Gasteiger partial charge in [-0.2, -0.15) is 0 Å². The minimum atomic E-state index is -1.22. The monoisotopic (exact) mass is 348 g/mol. The van der Waals surface area contributed by atoms with Gasteiger partial charge in [0.05, 0.1) is 16.3 Å². The Balaban J connectivity index is 3.01. The molecule has 0 fully saturated rings. The lowest BCUT2D eigenvalue weighted by Crippen LogP contribution is -2.41. The Bertz CT molecular complexity index is 612. The van der Waals surface area contributed by atoms with Crippen LogP contribution in [-0.2, 0) is 4.79 Å². The fourth-order valence-corrected chi connectivity index (χ4v) is 2.04. The van der Waals surface area contributed by atoms with Gasteiger partial charge >= 0.3 is 5.97 Å². The third-order valence-corrected chi connectivity index (χ3v) is 3.15. The maximum absolute atomic E-state index is 11.8. The van der Waals surface area contributed by atoms with E-state index in [4.69, 9.17) is 40.5 Å². The van der Waals surface area contributed by atoms with Crippen molar-refractivity contribution < 1.29 is 14.7 Å². The summed E-state index contributed by atoms with van der Waals surface area (Å²) in [6.07, 6.45) is 0. The Kier molecular flexibility index (Phi) is 5.55. The number of carbonyl (C=O) groups is 2. The quantitative estimate of drug-likeness (QED) is 0.712. The summed E-state index contributed by atoms with van der Waals surface area (Å²) in [6, 6.07) is 2.62. The average molecular weight is 349 g/mol. The van der Waals surface area contributed by atoms with Crippen LogP contribution in [0.25, 0.3) is 0 Å². The second-order valence-corrected chi connectivity index (χ2v) is 6.53. The molecule has 1 amide bonds. The van der Waals surface area contributed by atoms with Crippen LogP contribution >= 0.6 is 35.4 Å². The molecular formula is C13H14Cl2N2O3S. The van der Waals surface area contributed by atoms with E-state index < -0.39 is 11.4 Å². The van der Waals surface area contributed by atoms with Gasteiger partial charge in [-0.15, -0.1) is 0 Å². The molecule has 0 heterocycles. The van der Waals surface area contributed by atoms with Crippen LogP contribution in [-0.4, -0.2) is 22.1 Å². The van der Waals surface area contributed by atoms with Gasteiger partial charge in [-0.3, -0.25) is 4.79 Å². The number of amides is 1. The topological polar surface area (TPSA) is 78.4 Å². The summed E-state index contributed by atoms with van der Waals surface area (Å²) < 4.78 is 0. The van der Waals surface area contributed by atoms with Crippen LogP contribution in [0.5, 0.6) is 0 Å². The molecule has 1 aromatic carbocycles. The standard InChI is InChI=1S/C13H14Cl2N2O3S/c1-13(2,3)11(20)17-12(21)16-9-7(10(18)19)4-6(14)5-8(9)15/h4-5H,1-3H3,(H,18,19)(H2,16,17,20,21). The Morgan fingerprint density at radius 2 is 1.81 bits per heavy atom. The van der Waals surface area contributed by atoms with Crippen molar-refractivity contribution in [3.8, 4) is 0 Å². The van der Waals surface area contributed by atoms with Gasteiger partial charge in [-0.25, -0.2) is 4.79 Å². The van der Waals surface area contributed by atoms with Gasteiger partial charge in [0, 0.05) is 10.4 Å². The lowest BCUT2D eigenvalue weighted by molar-refractivity contribution is -0.126. The molecule has 0 aliphatic rings. The number of carbonyl (C=O) groups excluding carboxylic acids is 1. The molecule has 0 bridgehead atoms. The van der Waals surface area contributed by atoms with Crippen LogP contribution in [0.1, 0.15) is 31.1 Å². The number of anilines is 1. The number of aromatic carboxylic acids is 1. The van der Waals surface area contributed by atoms with E-state index in [0.717, 1.165) is 0 Å². The van der Waals surface area contributed by atoms with E-state index in [0.29, 0.717) is 0 Å². The normalized spacial score (nSPS) is 10.9. The molecule has 1 rings (SSSR count). The first-order valence-corrected chi connectivity index (χ1v) is 7.03. The summed E-state index contributed by atoms with van der Waals surface area (Å²) in [4.78, 5) is 23.0. The maximum atomic E-state index is 11.8. The predicted molar refractivity (Wildman–Crippen MR) is 87.2 cm³/mol. The van der Waals surface area contributed by atoms with E-state index in [1.165, 1.54) is 12.1 Å². The third kappa shape index (κ3) is 4.84. The van der Waals surface area contributed by atoms with Gasteiger partial charge in [-0.1, -0.05) is 44.0 Å². The molecule has 8 heteroatoms. The fraction of sp³-hybridized carbons (Fsp3) is 0.308. The summed E-state index contributed by atoms with van der Waals surface area (Å²) in [5.41, 5.74) is -0.696. The Morgan fingerprint density at radius 3 is 2.29 bits per heavy atom. The van der Waals surface area contributed by atoms with E-state index in [1.807, 2.05) is 0 Å². The number of benzene rings is 1. The molecule has 0 atom stereocenters. The number of carboxylic acids is 1. The molecule has 0 radical (unpaired) electrons. The zero-order chi connectivity index (χ0) is 16.4. The summed E-state index contributed by atoms with van der Waals surface area (Å²) in [7, 11) is 0. The van der Waals surface area contributed by atoms with Crippen LogP contribution in [0.2, 0.25) is 10.0 Å². The molecule has 0 aliphatic heterocycles. The molecule has 0 saturated heterocycles. The van der Waals surface area contributed by atoms with Crippen LogP contribution in [0.4, 0.5) is 5.69 Å². The smallest absolute Gasteiger partial charge is 0.337 e. The third-order valence-electron chi connectivity index (χ3n) is 2.43. The first kappa shape index (κ1) is 17.7. The lowest BCUT2D eigenvalue weighted by atomic mass is 9.96. The Morgan fingerprint density at radius 1 is 1.24 bits per heavy atom. The molecule has 0 unspecified atom stereocenters. The van der Waals surface area contributed by atoms with Crippen LogP contribution in [0.15, 0.2) is 12.1 Å². The van der Waals surface area contributed by atoms with Crippen molar-refractivity contribution in [2.45, 2.75) is 20.8 Å². The zero-order valence-corrected chi connectivity index (χ0v) is 13.9. The molecule has 5 nitrogen and oxygen atoms in total. The highest BCUT2D eigenvalue weighted by Gasteiger charge is 2.23. The highest BCUT2D eigenvalue weighted by atomic mass is 35.5. The minimum Gasteiger partial charge on any atom is -0.478 e. The second kappa shape index (κ2) is 6.60. The summed E-state index contributed by atoms with van der Waals surface area (Å²) in [5, 5.41) is 14.5. The maximum Gasteiger partial charge on any atom is 0.337 e. The van der Waals surface area contributed by atoms with Gasteiger partial charge in [0.15, 0.2) is 5.11 Å². The predicted octanol–water partition coefficient (Wildman–Crippen LogP) is 3.55. The van der Waals surface area contributed by atoms with Crippen molar-refractivity contribution in [1.82, 2.24) is 5.32 Å². The van der Waals surface area contributed by atoms with E-state index in [2.05, 4.69) is 10.6 Å². The number of halogens is 2. The van der Waals surface area contributed by atoms with Crippen LogP contribution in [0.3, 0.4) is 0 Å². The molecule has 0 saturated carbocycles. The first-order valence-electron chi connectivity index (χ1n) is 5.87. The molecule has 114 valence electrons. The summed E-state index contributed by atoms with van der Waals surface area (Å²) in [5.74, 6) is -1.52. The molecule has 0 aromatic heterocycles. The second-order valence-electron chi connectivity index (χ2n) is 5.27. The highest BCUT2D eigenvalue weighted by Crippen LogP contribution is 2.30. The van der Waals surface area contributed by atoms with E-state index in [-0.39, 0.29) is 32.3 Å². The van der Waals surface area contributed by atoms with Crippen molar-refractivity contribution in [2.24, 2.45) is 5.41 Å². The van der Waals surface area contributed by atoms with Crippen molar-refractivity contribution in [3.63, 3.8) is 0 Å². The number of thiocarbonyl (C=S) groups is 1. The molecular weight excluding hydrogens is 335 g/mol. The van der Waals surface area contributed by atoms with Gasteiger partial charge in [0.1, 0.15) is 0 Å². The van der Waals surface area contributed by atoms with Crippen molar-refractivity contribution in [3.05, 3.63) is 27.7 Å². The molecule has 0 aliphatic carbocycles. The van der Waals surface area contributed by atoms with E-state index >= 15 is 0 Å². The number of nitrogens with one attached hydrogen (secondary N) is 2. The molecule has 21 heavy (non-hydrogen) atoms. The van der Waals surface area contributed by atoms with Gasteiger partial charge in [-0.05, 0) is 24.4 Å². The van der Waals surface area contributed by atoms with Crippen LogP contribution in [0, 0.1) is 5.41 Å². The number of hydrogen-bond donors (Lipinski definition) is 3. The molecule has 3 N–H and O–H groups in total. The number of rotatable bonds is 2. The Hall–Kier alpha value is -1.37. The minimum absolute atomic E-state index is 0.0401. The molecule has 0 spiro atoms. The highest BCUT2D eigenvalue weighted by molar-refractivity contribution is 7.80. The Labute approximate surface area is 137 Å². The van der Waals surface area contributed by atoms with Crippen molar-refractivity contribution >= 4 is 58.1 Å². The van der Waals surface area contributed by atoms with Crippen LogP contribution < -0.4 is 10.6 Å². The van der Waals surface area contributed by atoms with Gasteiger partial charge in [0.25, 0.3) is 0 Å². The lowest BCUT2D eigenvalue weighted by Gasteiger charge is -2.19.